The SMILES string of the molecule is Oc1c2c(c(O)n1CC(O)CN1CCN(c3ccccn3)CC1)C1CCC2O1. The van der Waals surface area contributed by atoms with E-state index in [4.69, 9.17) is 4.74 Å². The van der Waals surface area contributed by atoms with E-state index in [1.165, 1.54) is 4.57 Å². The molecule has 3 aliphatic rings. The van der Waals surface area contributed by atoms with Gasteiger partial charge in [-0.25, -0.2) is 4.98 Å². The monoisotopic (exact) mass is 386 g/mol. The Hall–Kier alpha value is -2.29. The van der Waals surface area contributed by atoms with Crippen LogP contribution in [0, 0.1) is 0 Å². The van der Waals surface area contributed by atoms with Gasteiger partial charge in [0.1, 0.15) is 5.82 Å². The molecule has 0 saturated carbocycles. The number of hydrogen-bond acceptors (Lipinski definition) is 7. The lowest BCUT2D eigenvalue weighted by Gasteiger charge is -2.36. The van der Waals surface area contributed by atoms with E-state index in [2.05, 4.69) is 14.8 Å². The lowest BCUT2D eigenvalue weighted by atomic mass is 9.95. The Morgan fingerprint density at radius 3 is 2.29 bits per heavy atom. The van der Waals surface area contributed by atoms with Crippen LogP contribution in [0.1, 0.15) is 36.2 Å². The first-order valence-electron chi connectivity index (χ1n) is 9.98. The van der Waals surface area contributed by atoms with E-state index in [9.17, 15) is 15.3 Å². The maximum absolute atomic E-state index is 10.6. The molecule has 3 unspecified atom stereocenters. The Morgan fingerprint density at radius 1 is 1.00 bits per heavy atom. The molecule has 0 amide bonds. The molecular formula is C20H26N4O4. The molecule has 0 radical (unpaired) electrons. The fourth-order valence-electron chi connectivity index (χ4n) is 4.77. The van der Waals surface area contributed by atoms with Gasteiger partial charge in [-0.3, -0.25) is 9.47 Å². The number of β-amino-alcohol motifs (C(OH)–C–C–N with tert-alkyl or cyclic N) is 1. The maximum Gasteiger partial charge on any atom is 0.200 e. The molecule has 2 fully saturated rings. The highest BCUT2D eigenvalue weighted by Gasteiger charge is 2.45. The van der Waals surface area contributed by atoms with E-state index in [1.54, 1.807) is 6.20 Å². The molecule has 5 rings (SSSR count). The topological polar surface area (TPSA) is 94.2 Å². The van der Waals surface area contributed by atoms with Crippen molar-refractivity contribution in [3.8, 4) is 11.8 Å². The highest BCUT2D eigenvalue weighted by molar-refractivity contribution is 5.52. The van der Waals surface area contributed by atoms with Crippen LogP contribution in [0.15, 0.2) is 24.4 Å². The van der Waals surface area contributed by atoms with Crippen molar-refractivity contribution in [2.24, 2.45) is 0 Å². The maximum atomic E-state index is 10.6. The summed E-state index contributed by atoms with van der Waals surface area (Å²) in [6.07, 6.45) is 2.63. The Kier molecular flexibility index (Phi) is 4.41. The molecule has 2 bridgehead atoms. The largest absolute Gasteiger partial charge is 0.494 e. The van der Waals surface area contributed by atoms with Crippen LogP contribution < -0.4 is 4.90 Å². The van der Waals surface area contributed by atoms with Gasteiger partial charge in [0.2, 0.25) is 0 Å². The van der Waals surface area contributed by atoms with E-state index in [1.807, 2.05) is 18.2 Å². The second kappa shape index (κ2) is 6.95. The van der Waals surface area contributed by atoms with Crippen molar-refractivity contribution < 1.29 is 20.1 Å². The number of ether oxygens (including phenoxy) is 1. The molecule has 0 aromatic carbocycles. The van der Waals surface area contributed by atoms with Gasteiger partial charge in [0.05, 0.1) is 36.0 Å². The van der Waals surface area contributed by atoms with Crippen LogP contribution in [0.2, 0.25) is 0 Å². The van der Waals surface area contributed by atoms with Gasteiger partial charge in [-0.15, -0.1) is 0 Å². The molecule has 8 heteroatoms. The number of pyridine rings is 1. The number of piperazine rings is 1. The zero-order valence-electron chi connectivity index (χ0n) is 15.7. The first-order chi connectivity index (χ1) is 13.6. The van der Waals surface area contributed by atoms with Gasteiger partial charge in [0.25, 0.3) is 0 Å². The molecular weight excluding hydrogens is 360 g/mol. The second-order valence-electron chi connectivity index (χ2n) is 7.91. The second-order valence-corrected chi connectivity index (χ2v) is 7.91. The normalized spacial score (nSPS) is 25.2. The van der Waals surface area contributed by atoms with Crippen LogP contribution in [0.4, 0.5) is 5.82 Å². The Morgan fingerprint density at radius 2 is 1.68 bits per heavy atom. The van der Waals surface area contributed by atoms with Crippen molar-refractivity contribution in [1.82, 2.24) is 14.5 Å². The summed E-state index contributed by atoms with van der Waals surface area (Å²) in [4.78, 5) is 8.85. The van der Waals surface area contributed by atoms with Gasteiger partial charge < -0.3 is 25.0 Å². The number of anilines is 1. The van der Waals surface area contributed by atoms with E-state index >= 15 is 0 Å². The lowest BCUT2D eigenvalue weighted by molar-refractivity contribution is 0.0650. The minimum Gasteiger partial charge on any atom is -0.494 e. The molecule has 2 saturated heterocycles. The van der Waals surface area contributed by atoms with Gasteiger partial charge >= 0.3 is 0 Å². The molecule has 8 nitrogen and oxygen atoms in total. The summed E-state index contributed by atoms with van der Waals surface area (Å²) in [7, 11) is 0. The van der Waals surface area contributed by atoms with E-state index in [0.29, 0.717) is 17.7 Å². The van der Waals surface area contributed by atoms with Crippen molar-refractivity contribution >= 4 is 5.82 Å². The number of aliphatic hydroxyl groups is 1. The Bertz CT molecular complexity index is 814. The summed E-state index contributed by atoms with van der Waals surface area (Å²) < 4.78 is 7.20. The highest BCUT2D eigenvalue weighted by Crippen LogP contribution is 2.57. The number of fused-ring (bicyclic) bond motifs is 5. The summed E-state index contributed by atoms with van der Waals surface area (Å²) in [5.41, 5.74) is 1.43. The Balaban J connectivity index is 1.20. The van der Waals surface area contributed by atoms with E-state index < -0.39 is 6.10 Å². The average Bonchev–Trinajstić information content (AvgIpc) is 3.39. The van der Waals surface area contributed by atoms with Gasteiger partial charge in [-0.2, -0.15) is 0 Å². The average molecular weight is 386 g/mol. The molecule has 3 atom stereocenters. The van der Waals surface area contributed by atoms with Crippen LogP contribution in [0.25, 0.3) is 0 Å². The molecule has 2 aromatic heterocycles. The van der Waals surface area contributed by atoms with Crippen molar-refractivity contribution in [2.75, 3.05) is 37.6 Å². The quantitative estimate of drug-likeness (QED) is 0.715. The fraction of sp³-hybridized carbons (Fsp3) is 0.550. The van der Waals surface area contributed by atoms with Crippen molar-refractivity contribution in [1.29, 1.82) is 0 Å². The predicted molar refractivity (Wildman–Crippen MR) is 102 cm³/mol. The summed E-state index contributed by atoms with van der Waals surface area (Å²) in [5, 5.41) is 31.7. The summed E-state index contributed by atoms with van der Waals surface area (Å²) in [6, 6.07) is 5.91. The van der Waals surface area contributed by atoms with Gasteiger partial charge in [0, 0.05) is 38.9 Å². The van der Waals surface area contributed by atoms with Crippen LogP contribution >= 0.6 is 0 Å². The third-order valence-corrected chi connectivity index (χ3v) is 6.15. The Labute approximate surface area is 163 Å². The van der Waals surface area contributed by atoms with Crippen LogP contribution in [-0.4, -0.2) is 68.6 Å². The number of nitrogens with zero attached hydrogens (tertiary/aromatic N) is 4. The van der Waals surface area contributed by atoms with Crippen molar-refractivity contribution in [2.45, 2.75) is 37.7 Å². The van der Waals surface area contributed by atoms with Crippen LogP contribution in [-0.2, 0) is 11.3 Å². The van der Waals surface area contributed by atoms with Crippen LogP contribution in [0.3, 0.4) is 0 Å². The third kappa shape index (κ3) is 2.92. The zero-order chi connectivity index (χ0) is 19.3. The fourth-order valence-corrected chi connectivity index (χ4v) is 4.77. The molecule has 28 heavy (non-hydrogen) atoms. The first-order valence-corrected chi connectivity index (χ1v) is 9.98. The smallest absolute Gasteiger partial charge is 0.200 e. The first kappa shape index (κ1) is 17.8. The third-order valence-electron chi connectivity index (χ3n) is 6.15. The van der Waals surface area contributed by atoms with Gasteiger partial charge in [-0.1, -0.05) is 6.07 Å². The van der Waals surface area contributed by atoms with Gasteiger partial charge in [-0.05, 0) is 25.0 Å². The molecule has 5 heterocycles. The van der Waals surface area contributed by atoms with Crippen LogP contribution in [0.5, 0.6) is 11.8 Å². The number of aromatic hydroxyl groups is 2. The van der Waals surface area contributed by atoms with Crippen molar-refractivity contribution in [3.63, 3.8) is 0 Å². The summed E-state index contributed by atoms with van der Waals surface area (Å²) in [6.45, 7) is 4.07. The number of hydrogen-bond donors (Lipinski definition) is 3. The summed E-state index contributed by atoms with van der Waals surface area (Å²) >= 11 is 0. The molecule has 150 valence electrons. The highest BCUT2D eigenvalue weighted by atomic mass is 16.5. The van der Waals surface area contributed by atoms with E-state index in [-0.39, 0.29) is 30.5 Å². The van der Waals surface area contributed by atoms with Gasteiger partial charge in [0.15, 0.2) is 11.8 Å². The zero-order valence-corrected chi connectivity index (χ0v) is 15.7. The molecule has 0 aliphatic carbocycles. The molecule has 3 N–H and O–H groups in total. The van der Waals surface area contributed by atoms with Crippen molar-refractivity contribution in [3.05, 3.63) is 35.5 Å². The summed E-state index contributed by atoms with van der Waals surface area (Å²) in [5.74, 6) is 1.06. The minimum atomic E-state index is -0.677. The molecule has 3 aliphatic heterocycles. The number of rotatable bonds is 5. The van der Waals surface area contributed by atoms with E-state index in [0.717, 1.165) is 44.8 Å². The standard InChI is InChI=1S/C20H26N4O4/c25-13(11-22-7-9-23(10-8-22)16-3-1-2-6-21-16)12-24-19(26)17-14-4-5-15(28-14)18(17)20(24)27/h1-3,6,13-15,25-27H,4-5,7-12H2. The minimum absolute atomic E-state index is 0.0405. The molecule has 2 aromatic rings. The molecule has 0 spiro atoms. The number of aromatic nitrogens is 2. The predicted octanol–water partition coefficient (Wildman–Crippen LogP) is 1.38. The lowest BCUT2D eigenvalue weighted by Crippen LogP contribution is -2.49. The number of aliphatic hydroxyl groups excluding tert-OH is 1.